The van der Waals surface area contributed by atoms with Gasteiger partial charge in [-0.2, -0.15) is 0 Å². The average Bonchev–Trinajstić information content (AvgIpc) is 3.19. The fourth-order valence-electron chi connectivity index (χ4n) is 1.87. The molecule has 1 aromatic rings. The lowest BCUT2D eigenvalue weighted by molar-refractivity contribution is 0.315. The lowest BCUT2D eigenvalue weighted by Gasteiger charge is -2.18. The first-order valence-corrected chi connectivity index (χ1v) is 6.04. The van der Waals surface area contributed by atoms with E-state index in [2.05, 4.69) is 22.6 Å². The van der Waals surface area contributed by atoms with Gasteiger partial charge in [0.2, 0.25) is 0 Å². The number of nitrogens with one attached hydrogen (secondary N) is 1. The number of amidine groups is 1. The Hall–Kier alpha value is -1.55. The van der Waals surface area contributed by atoms with E-state index in [0.29, 0.717) is 6.42 Å². The maximum atomic E-state index is 8.66. The molecule has 0 aliphatic heterocycles. The monoisotopic (exact) mass is 233 g/mol. The Balaban J connectivity index is 2.00. The number of nitrogens with zero attached hydrogens (tertiary/aromatic N) is 1. The minimum absolute atomic E-state index is 0.132. The first kappa shape index (κ1) is 11.9. The summed E-state index contributed by atoms with van der Waals surface area (Å²) in [5, 5.41) is 15.2. The zero-order valence-corrected chi connectivity index (χ0v) is 9.84. The molecule has 1 fully saturated rings. The molecule has 17 heavy (non-hydrogen) atoms. The molecule has 0 bridgehead atoms. The van der Waals surface area contributed by atoms with E-state index < -0.39 is 0 Å². The van der Waals surface area contributed by atoms with E-state index in [4.69, 9.17) is 10.9 Å². The van der Waals surface area contributed by atoms with Gasteiger partial charge in [0.15, 0.2) is 0 Å². The summed E-state index contributed by atoms with van der Waals surface area (Å²) in [5.41, 5.74) is 6.77. The fraction of sp³-hybridized carbons (Fsp3) is 0.462. The molecule has 1 saturated carbocycles. The zero-order valence-electron chi connectivity index (χ0n) is 9.84. The van der Waals surface area contributed by atoms with Crippen molar-refractivity contribution >= 4 is 5.84 Å². The molecule has 1 unspecified atom stereocenters. The molecule has 4 N–H and O–H groups in total. The van der Waals surface area contributed by atoms with Crippen LogP contribution in [0.5, 0.6) is 0 Å². The van der Waals surface area contributed by atoms with Crippen LogP contribution in [-0.2, 0) is 0 Å². The summed E-state index contributed by atoms with van der Waals surface area (Å²) in [4.78, 5) is 0. The van der Waals surface area contributed by atoms with Gasteiger partial charge in [-0.1, -0.05) is 35.5 Å². The van der Waals surface area contributed by atoms with Crippen molar-refractivity contribution in [3.05, 3.63) is 35.9 Å². The van der Waals surface area contributed by atoms with Gasteiger partial charge in [0.1, 0.15) is 5.84 Å². The molecule has 1 aromatic carbocycles. The second kappa shape index (κ2) is 5.68. The van der Waals surface area contributed by atoms with E-state index in [1.165, 1.54) is 18.4 Å². The Morgan fingerprint density at radius 2 is 2.12 bits per heavy atom. The molecule has 1 aliphatic carbocycles. The lowest BCUT2D eigenvalue weighted by Crippen LogP contribution is -2.28. The van der Waals surface area contributed by atoms with Gasteiger partial charge in [-0.15, -0.1) is 0 Å². The van der Waals surface area contributed by atoms with Gasteiger partial charge in [-0.25, -0.2) is 0 Å². The Kier molecular flexibility index (Phi) is 3.98. The first-order valence-electron chi connectivity index (χ1n) is 6.04. The Labute approximate surface area is 102 Å². The maximum absolute atomic E-state index is 8.66. The number of rotatable bonds is 6. The summed E-state index contributed by atoms with van der Waals surface area (Å²) >= 11 is 0. The van der Waals surface area contributed by atoms with E-state index in [0.717, 1.165) is 12.5 Å². The highest BCUT2D eigenvalue weighted by Gasteiger charge is 2.23. The van der Waals surface area contributed by atoms with Crippen molar-refractivity contribution in [1.29, 1.82) is 0 Å². The van der Waals surface area contributed by atoms with Crippen LogP contribution in [-0.4, -0.2) is 17.6 Å². The highest BCUT2D eigenvalue weighted by atomic mass is 16.4. The van der Waals surface area contributed by atoms with Crippen molar-refractivity contribution in [3.8, 4) is 0 Å². The van der Waals surface area contributed by atoms with E-state index in [9.17, 15) is 0 Å². The quantitative estimate of drug-likeness (QED) is 0.304. The minimum atomic E-state index is 0.132. The number of nitrogens with two attached hydrogens (primary N) is 1. The van der Waals surface area contributed by atoms with Crippen LogP contribution < -0.4 is 11.1 Å². The van der Waals surface area contributed by atoms with Crippen molar-refractivity contribution < 1.29 is 5.21 Å². The van der Waals surface area contributed by atoms with Crippen molar-refractivity contribution in [2.75, 3.05) is 6.54 Å². The number of oxime groups is 1. The topological polar surface area (TPSA) is 70.6 Å². The second-order valence-electron chi connectivity index (χ2n) is 4.61. The predicted molar refractivity (Wildman–Crippen MR) is 67.9 cm³/mol. The van der Waals surface area contributed by atoms with E-state index in [1.54, 1.807) is 0 Å². The SMILES string of the molecule is NC(CC(NCC1CC1)c1ccccc1)=NO. The minimum Gasteiger partial charge on any atom is -0.409 e. The van der Waals surface area contributed by atoms with Crippen LogP contribution in [0.4, 0.5) is 0 Å². The normalized spacial score (nSPS) is 18.0. The van der Waals surface area contributed by atoms with Gasteiger partial charge in [0.05, 0.1) is 0 Å². The Bertz CT molecular complexity index is 374. The summed E-state index contributed by atoms with van der Waals surface area (Å²) in [6, 6.07) is 10.3. The summed E-state index contributed by atoms with van der Waals surface area (Å²) in [7, 11) is 0. The molecule has 4 nitrogen and oxygen atoms in total. The third kappa shape index (κ3) is 3.75. The van der Waals surface area contributed by atoms with Crippen LogP contribution in [0.15, 0.2) is 35.5 Å². The summed E-state index contributed by atoms with van der Waals surface area (Å²) < 4.78 is 0. The summed E-state index contributed by atoms with van der Waals surface area (Å²) in [6.07, 6.45) is 3.17. The Morgan fingerprint density at radius 3 is 2.71 bits per heavy atom. The lowest BCUT2D eigenvalue weighted by atomic mass is 10.0. The molecular weight excluding hydrogens is 214 g/mol. The smallest absolute Gasteiger partial charge is 0.141 e. The van der Waals surface area contributed by atoms with E-state index >= 15 is 0 Å². The summed E-state index contributed by atoms with van der Waals surface area (Å²) in [6.45, 7) is 1.01. The van der Waals surface area contributed by atoms with Gasteiger partial charge in [0, 0.05) is 12.5 Å². The maximum Gasteiger partial charge on any atom is 0.141 e. The van der Waals surface area contributed by atoms with Crippen LogP contribution in [0, 0.1) is 5.92 Å². The fourth-order valence-corrected chi connectivity index (χ4v) is 1.87. The Morgan fingerprint density at radius 1 is 1.41 bits per heavy atom. The van der Waals surface area contributed by atoms with Crippen LogP contribution >= 0.6 is 0 Å². The first-order chi connectivity index (χ1) is 8.29. The zero-order chi connectivity index (χ0) is 12.1. The van der Waals surface area contributed by atoms with Crippen molar-refractivity contribution in [2.24, 2.45) is 16.8 Å². The molecule has 0 radical (unpaired) electrons. The van der Waals surface area contributed by atoms with Gasteiger partial charge >= 0.3 is 0 Å². The van der Waals surface area contributed by atoms with Gasteiger partial charge in [-0.3, -0.25) is 0 Å². The van der Waals surface area contributed by atoms with Crippen molar-refractivity contribution in [1.82, 2.24) is 5.32 Å². The molecule has 1 atom stereocenters. The second-order valence-corrected chi connectivity index (χ2v) is 4.61. The van der Waals surface area contributed by atoms with Crippen LogP contribution in [0.3, 0.4) is 0 Å². The molecule has 0 amide bonds. The molecule has 92 valence electrons. The third-order valence-electron chi connectivity index (χ3n) is 3.09. The van der Waals surface area contributed by atoms with Gasteiger partial charge in [-0.05, 0) is 30.9 Å². The number of hydrogen-bond acceptors (Lipinski definition) is 3. The van der Waals surface area contributed by atoms with E-state index in [-0.39, 0.29) is 11.9 Å². The van der Waals surface area contributed by atoms with E-state index in [1.807, 2.05) is 18.2 Å². The van der Waals surface area contributed by atoms with Gasteiger partial charge in [0.25, 0.3) is 0 Å². The molecule has 4 heteroatoms. The largest absolute Gasteiger partial charge is 0.409 e. The molecule has 0 aromatic heterocycles. The van der Waals surface area contributed by atoms with Crippen molar-refractivity contribution in [2.45, 2.75) is 25.3 Å². The van der Waals surface area contributed by atoms with Crippen LogP contribution in [0.2, 0.25) is 0 Å². The standard InChI is InChI=1S/C13H19N3O/c14-13(16-17)8-12(15-9-10-6-7-10)11-4-2-1-3-5-11/h1-5,10,12,15,17H,6-9H2,(H2,14,16). The summed E-state index contributed by atoms with van der Waals surface area (Å²) in [5.74, 6) is 1.08. The molecule has 1 aliphatic rings. The highest BCUT2D eigenvalue weighted by Crippen LogP contribution is 2.29. The average molecular weight is 233 g/mol. The molecule has 0 heterocycles. The predicted octanol–water partition coefficient (Wildman–Crippen LogP) is 1.86. The van der Waals surface area contributed by atoms with Gasteiger partial charge < -0.3 is 16.3 Å². The number of benzene rings is 1. The molecule has 0 spiro atoms. The molecule has 2 rings (SSSR count). The third-order valence-corrected chi connectivity index (χ3v) is 3.09. The molecule has 0 saturated heterocycles. The molecular formula is C13H19N3O. The van der Waals surface area contributed by atoms with Crippen molar-refractivity contribution in [3.63, 3.8) is 0 Å². The number of hydrogen-bond donors (Lipinski definition) is 3. The highest BCUT2D eigenvalue weighted by molar-refractivity contribution is 5.80. The van der Waals surface area contributed by atoms with Crippen LogP contribution in [0.1, 0.15) is 30.9 Å². The van der Waals surface area contributed by atoms with Crippen LogP contribution in [0.25, 0.3) is 0 Å².